The van der Waals surface area contributed by atoms with Gasteiger partial charge in [-0.15, -0.1) is 0 Å². The number of hydrogen-bond acceptors (Lipinski definition) is 3. The summed E-state index contributed by atoms with van der Waals surface area (Å²) < 4.78 is 13.5. The van der Waals surface area contributed by atoms with Gasteiger partial charge in [-0.05, 0) is 25.5 Å². The van der Waals surface area contributed by atoms with Gasteiger partial charge in [0.2, 0.25) is 0 Å². The quantitative estimate of drug-likeness (QED) is 0.865. The highest BCUT2D eigenvalue weighted by molar-refractivity contribution is 5.88. The fraction of sp³-hybridized carbons (Fsp3) is 0.154. The van der Waals surface area contributed by atoms with Crippen LogP contribution in [0.5, 0.6) is 0 Å². The molecule has 0 aliphatic carbocycles. The number of hydrogen-bond donors (Lipinski definition) is 2. The van der Waals surface area contributed by atoms with E-state index < -0.39 is 22.9 Å². The summed E-state index contributed by atoms with van der Waals surface area (Å²) in [5.41, 5.74) is -0.204. The second kappa shape index (κ2) is 4.64. The maximum atomic E-state index is 13.5. The number of aromatic amines is 1. The minimum Gasteiger partial charge on any atom is -0.477 e. The van der Waals surface area contributed by atoms with E-state index in [1.807, 2.05) is 0 Å². The Labute approximate surface area is 107 Å². The third-order valence-corrected chi connectivity index (χ3v) is 2.76. The van der Waals surface area contributed by atoms with Crippen molar-refractivity contribution in [1.82, 2.24) is 9.97 Å². The first-order valence-electron chi connectivity index (χ1n) is 5.51. The molecule has 2 aromatic rings. The lowest BCUT2D eigenvalue weighted by atomic mass is 10.1. The standard InChI is InChI=1S/C13H11FN2O3/c1-6-3-4-8(5-9(6)14)11-15-7(2)10(13(18)19)12(17)16-11/h3-5H,1-2H3,(H,18,19)(H,15,16,17). The molecule has 0 radical (unpaired) electrons. The van der Waals surface area contributed by atoms with Gasteiger partial charge in [-0.2, -0.15) is 0 Å². The van der Waals surface area contributed by atoms with Crippen LogP contribution in [-0.4, -0.2) is 21.0 Å². The summed E-state index contributed by atoms with van der Waals surface area (Å²) in [7, 11) is 0. The summed E-state index contributed by atoms with van der Waals surface area (Å²) in [6, 6.07) is 4.41. The van der Waals surface area contributed by atoms with Crippen LogP contribution in [0.25, 0.3) is 11.4 Å². The van der Waals surface area contributed by atoms with E-state index in [-0.39, 0.29) is 11.5 Å². The van der Waals surface area contributed by atoms with Gasteiger partial charge in [0.05, 0.1) is 5.69 Å². The Morgan fingerprint density at radius 2 is 2.05 bits per heavy atom. The van der Waals surface area contributed by atoms with Crippen LogP contribution in [0.15, 0.2) is 23.0 Å². The molecule has 0 saturated heterocycles. The average molecular weight is 262 g/mol. The summed E-state index contributed by atoms with van der Waals surface area (Å²) in [6.45, 7) is 3.04. The topological polar surface area (TPSA) is 83.0 Å². The molecule has 0 atom stereocenters. The predicted molar refractivity (Wildman–Crippen MR) is 66.7 cm³/mol. The number of halogens is 1. The zero-order valence-corrected chi connectivity index (χ0v) is 10.3. The lowest BCUT2D eigenvalue weighted by Gasteiger charge is -2.05. The summed E-state index contributed by atoms with van der Waals surface area (Å²) in [5.74, 6) is -1.61. The maximum Gasteiger partial charge on any atom is 0.343 e. The highest BCUT2D eigenvalue weighted by atomic mass is 19.1. The lowest BCUT2D eigenvalue weighted by Crippen LogP contribution is -2.21. The number of carboxylic acids is 1. The van der Waals surface area contributed by atoms with Crippen molar-refractivity contribution in [2.24, 2.45) is 0 Å². The molecule has 0 spiro atoms. The normalized spacial score (nSPS) is 10.5. The molecule has 0 bridgehead atoms. The van der Waals surface area contributed by atoms with Gasteiger partial charge in [0.1, 0.15) is 17.2 Å². The Bertz CT molecular complexity index is 722. The van der Waals surface area contributed by atoms with Gasteiger partial charge in [0, 0.05) is 5.56 Å². The van der Waals surface area contributed by atoms with E-state index in [4.69, 9.17) is 5.11 Å². The smallest absolute Gasteiger partial charge is 0.343 e. The van der Waals surface area contributed by atoms with Crippen LogP contribution in [-0.2, 0) is 0 Å². The molecule has 1 heterocycles. The number of carboxylic acid groups (broad SMARTS) is 1. The van der Waals surface area contributed by atoms with Crippen molar-refractivity contribution in [1.29, 1.82) is 0 Å². The number of H-pyrrole nitrogens is 1. The van der Waals surface area contributed by atoms with E-state index in [1.165, 1.54) is 13.0 Å². The number of nitrogens with zero attached hydrogens (tertiary/aromatic N) is 1. The van der Waals surface area contributed by atoms with Crippen molar-refractivity contribution in [2.45, 2.75) is 13.8 Å². The number of nitrogens with one attached hydrogen (secondary N) is 1. The van der Waals surface area contributed by atoms with E-state index in [0.29, 0.717) is 11.1 Å². The molecule has 98 valence electrons. The lowest BCUT2D eigenvalue weighted by molar-refractivity contribution is 0.0693. The van der Waals surface area contributed by atoms with E-state index in [2.05, 4.69) is 9.97 Å². The monoisotopic (exact) mass is 262 g/mol. The van der Waals surface area contributed by atoms with Crippen molar-refractivity contribution in [2.75, 3.05) is 0 Å². The summed E-state index contributed by atoms with van der Waals surface area (Å²) in [6.07, 6.45) is 0. The van der Waals surface area contributed by atoms with Crippen LogP contribution < -0.4 is 5.56 Å². The van der Waals surface area contributed by atoms with Gasteiger partial charge in [0.25, 0.3) is 5.56 Å². The summed E-state index contributed by atoms with van der Waals surface area (Å²) in [4.78, 5) is 28.9. The van der Waals surface area contributed by atoms with Gasteiger partial charge in [0.15, 0.2) is 0 Å². The highest BCUT2D eigenvalue weighted by Gasteiger charge is 2.15. The first-order chi connectivity index (χ1) is 8.90. The van der Waals surface area contributed by atoms with Crippen molar-refractivity contribution < 1.29 is 14.3 Å². The maximum absolute atomic E-state index is 13.5. The number of carbonyl (C=O) groups is 1. The molecule has 6 heteroatoms. The van der Waals surface area contributed by atoms with Crippen LogP contribution >= 0.6 is 0 Å². The van der Waals surface area contributed by atoms with Gasteiger partial charge < -0.3 is 10.1 Å². The molecule has 5 nitrogen and oxygen atoms in total. The van der Waals surface area contributed by atoms with Crippen molar-refractivity contribution >= 4 is 5.97 Å². The van der Waals surface area contributed by atoms with Crippen molar-refractivity contribution in [3.8, 4) is 11.4 Å². The zero-order chi connectivity index (χ0) is 14.2. The molecular formula is C13H11FN2O3. The Morgan fingerprint density at radius 1 is 1.37 bits per heavy atom. The van der Waals surface area contributed by atoms with E-state index in [1.54, 1.807) is 19.1 Å². The first kappa shape index (κ1) is 12.9. The molecule has 0 unspecified atom stereocenters. The van der Waals surface area contributed by atoms with Crippen LogP contribution in [0.2, 0.25) is 0 Å². The number of benzene rings is 1. The number of aryl methyl sites for hydroxylation is 2. The third-order valence-electron chi connectivity index (χ3n) is 2.76. The second-order valence-corrected chi connectivity index (χ2v) is 4.14. The minimum atomic E-state index is -1.34. The largest absolute Gasteiger partial charge is 0.477 e. The molecule has 2 rings (SSSR count). The fourth-order valence-electron chi connectivity index (χ4n) is 1.71. The van der Waals surface area contributed by atoms with Gasteiger partial charge >= 0.3 is 5.97 Å². The van der Waals surface area contributed by atoms with Gasteiger partial charge in [-0.3, -0.25) is 4.79 Å². The fourth-order valence-corrected chi connectivity index (χ4v) is 1.71. The molecule has 2 N–H and O–H groups in total. The van der Waals surface area contributed by atoms with Crippen molar-refractivity contribution in [3.63, 3.8) is 0 Å². The Hall–Kier alpha value is -2.50. The number of aromatic carboxylic acids is 1. The van der Waals surface area contributed by atoms with Crippen LogP contribution in [0.4, 0.5) is 4.39 Å². The van der Waals surface area contributed by atoms with Crippen LogP contribution in [0.1, 0.15) is 21.6 Å². The Kier molecular flexibility index (Phi) is 3.16. The molecule has 0 aliphatic rings. The SMILES string of the molecule is Cc1ccc(-c2nc(C)c(C(=O)O)c(=O)[nH]2)cc1F. The van der Waals surface area contributed by atoms with E-state index in [0.717, 1.165) is 0 Å². The molecular weight excluding hydrogens is 251 g/mol. The summed E-state index contributed by atoms with van der Waals surface area (Å²) in [5, 5.41) is 8.87. The minimum absolute atomic E-state index is 0.0900. The van der Waals surface area contributed by atoms with E-state index in [9.17, 15) is 14.0 Å². The highest BCUT2D eigenvalue weighted by Crippen LogP contribution is 2.18. The molecule has 1 aromatic heterocycles. The molecule has 0 aliphatic heterocycles. The molecule has 0 amide bonds. The molecule has 0 saturated carbocycles. The van der Waals surface area contributed by atoms with Crippen molar-refractivity contribution in [3.05, 3.63) is 51.2 Å². The predicted octanol–water partition coefficient (Wildman–Crippen LogP) is 1.89. The molecule has 19 heavy (non-hydrogen) atoms. The van der Waals surface area contributed by atoms with Gasteiger partial charge in [-0.25, -0.2) is 14.2 Å². The first-order valence-corrected chi connectivity index (χ1v) is 5.51. The number of aromatic nitrogens is 2. The summed E-state index contributed by atoms with van der Waals surface area (Å²) >= 11 is 0. The van der Waals surface area contributed by atoms with Gasteiger partial charge in [-0.1, -0.05) is 12.1 Å². The van der Waals surface area contributed by atoms with Crippen LogP contribution in [0, 0.1) is 19.7 Å². The third kappa shape index (κ3) is 2.37. The molecule has 1 aromatic carbocycles. The van der Waals surface area contributed by atoms with Crippen LogP contribution in [0.3, 0.4) is 0 Å². The average Bonchev–Trinajstić information content (AvgIpc) is 2.31. The zero-order valence-electron chi connectivity index (χ0n) is 10.3. The second-order valence-electron chi connectivity index (χ2n) is 4.14. The Morgan fingerprint density at radius 3 is 2.58 bits per heavy atom. The Balaban J connectivity index is 2.61. The molecule has 0 fully saturated rings. The number of rotatable bonds is 2. The van der Waals surface area contributed by atoms with E-state index >= 15 is 0 Å².